The second kappa shape index (κ2) is 6.71. The highest BCUT2D eigenvalue weighted by atomic mass is 32.2. The maximum atomic E-state index is 14.0. The molecule has 0 atom stereocenters. The average Bonchev–Trinajstić information content (AvgIpc) is 2.54. The van der Waals surface area contributed by atoms with E-state index < -0.39 is 38.1 Å². The molecule has 0 amide bonds. The average molecular weight is 405 g/mol. The van der Waals surface area contributed by atoms with E-state index in [1.54, 1.807) is 4.90 Å². The highest BCUT2D eigenvalue weighted by molar-refractivity contribution is 7.90. The molecule has 1 aliphatic rings. The number of sulfone groups is 1. The summed E-state index contributed by atoms with van der Waals surface area (Å²) in [5, 5.41) is -0.450. The van der Waals surface area contributed by atoms with Crippen molar-refractivity contribution in [3.05, 3.63) is 56.8 Å². The van der Waals surface area contributed by atoms with Crippen LogP contribution in [0.2, 0.25) is 0 Å². The zero-order valence-electron chi connectivity index (χ0n) is 14.1. The largest absolute Gasteiger partial charge is 0.416 e. The first kappa shape index (κ1) is 19.5. The molecular weight excluding hydrogens is 390 g/mol. The van der Waals surface area contributed by atoms with E-state index in [0.717, 1.165) is 18.4 Å². The maximum absolute atomic E-state index is 14.0. The number of nitrogens with one attached hydrogen (secondary N) is 1. The molecule has 1 N–H and O–H groups in total. The Kier molecular flexibility index (Phi) is 4.85. The van der Waals surface area contributed by atoms with E-state index in [2.05, 4.69) is 9.97 Å². The molecule has 2 aromatic rings. The van der Waals surface area contributed by atoms with Crippen LogP contribution in [0.3, 0.4) is 0 Å². The van der Waals surface area contributed by atoms with Crippen molar-refractivity contribution in [1.29, 1.82) is 0 Å². The van der Waals surface area contributed by atoms with Crippen LogP contribution in [0, 0.1) is 5.82 Å². The summed E-state index contributed by atoms with van der Waals surface area (Å²) in [5.41, 5.74) is -0.927. The Balaban J connectivity index is 1.85. The third kappa shape index (κ3) is 4.19. The first-order valence-electron chi connectivity index (χ1n) is 7.85. The number of benzene rings is 1. The van der Waals surface area contributed by atoms with Crippen LogP contribution in [0.25, 0.3) is 0 Å². The zero-order chi connectivity index (χ0) is 20.0. The number of aromatic amines is 1. The number of aromatic nitrogens is 2. The fraction of sp³-hybridized carbons (Fsp3) is 0.375. The van der Waals surface area contributed by atoms with Crippen LogP contribution >= 0.6 is 0 Å². The summed E-state index contributed by atoms with van der Waals surface area (Å²) in [6.45, 7) is 0.449. The van der Waals surface area contributed by atoms with E-state index >= 15 is 0 Å². The van der Waals surface area contributed by atoms with Gasteiger partial charge in [-0.25, -0.2) is 17.8 Å². The van der Waals surface area contributed by atoms with Crippen molar-refractivity contribution in [2.45, 2.75) is 30.8 Å². The van der Waals surface area contributed by atoms with Crippen molar-refractivity contribution in [3.8, 4) is 0 Å². The molecule has 6 nitrogen and oxygen atoms in total. The van der Waals surface area contributed by atoms with E-state index in [9.17, 15) is 30.8 Å². The lowest BCUT2D eigenvalue weighted by Crippen LogP contribution is -2.35. The van der Waals surface area contributed by atoms with Gasteiger partial charge in [0.05, 0.1) is 11.3 Å². The van der Waals surface area contributed by atoms with Gasteiger partial charge in [-0.3, -0.25) is 14.7 Å². The normalized spacial score (nSPS) is 15.6. The number of rotatable bonds is 3. The fourth-order valence-corrected chi connectivity index (χ4v) is 3.43. The lowest BCUT2D eigenvalue weighted by Gasteiger charge is -2.27. The number of nitrogens with zero attached hydrogens (tertiary/aromatic N) is 2. The minimum atomic E-state index is -4.63. The molecule has 1 aromatic carbocycles. The molecule has 11 heteroatoms. The van der Waals surface area contributed by atoms with E-state index in [1.807, 2.05) is 0 Å². The molecule has 0 saturated carbocycles. The van der Waals surface area contributed by atoms with Crippen molar-refractivity contribution in [2.24, 2.45) is 0 Å². The number of H-pyrrole nitrogens is 1. The third-order valence-electron chi connectivity index (χ3n) is 4.26. The molecule has 1 aliphatic heterocycles. The van der Waals surface area contributed by atoms with E-state index in [4.69, 9.17) is 0 Å². The molecule has 0 spiro atoms. The van der Waals surface area contributed by atoms with Gasteiger partial charge in [0, 0.05) is 37.0 Å². The van der Waals surface area contributed by atoms with Crippen molar-refractivity contribution < 1.29 is 26.0 Å². The van der Waals surface area contributed by atoms with E-state index in [0.29, 0.717) is 18.2 Å². The second-order valence-corrected chi connectivity index (χ2v) is 8.26. The topological polar surface area (TPSA) is 83.1 Å². The minimum absolute atomic E-state index is 0.00605. The Bertz CT molecular complexity index is 1050. The number of hydrogen-bond donors (Lipinski definition) is 1. The number of fused-ring (bicyclic) bond motifs is 1. The summed E-state index contributed by atoms with van der Waals surface area (Å²) in [6.07, 6.45) is -3.45. The van der Waals surface area contributed by atoms with Gasteiger partial charge >= 0.3 is 6.18 Å². The molecule has 27 heavy (non-hydrogen) atoms. The molecule has 0 radical (unpaired) electrons. The number of halogens is 4. The Hall–Kier alpha value is -2.27. The van der Waals surface area contributed by atoms with Crippen molar-refractivity contribution >= 4 is 9.84 Å². The molecule has 0 aliphatic carbocycles. The molecule has 0 bridgehead atoms. The molecular formula is C16H15F4N3O3S. The van der Waals surface area contributed by atoms with Crippen LogP contribution in [0.15, 0.2) is 28.2 Å². The molecule has 0 fully saturated rings. The molecule has 0 unspecified atom stereocenters. The van der Waals surface area contributed by atoms with Gasteiger partial charge in [0.2, 0.25) is 15.0 Å². The standard InChI is InChI=1S/C16H15F4N3O3S/c1-27(25,26)15-21-13-8-23(5-4-11(13)14(24)22-15)7-9-2-3-10(6-12(9)17)16(18,19)20/h2-3,6H,4-5,7-8H2,1H3,(H,21,22,24). The van der Waals surface area contributed by atoms with Crippen LogP contribution in [0.1, 0.15) is 22.4 Å². The van der Waals surface area contributed by atoms with Gasteiger partial charge in [-0.15, -0.1) is 0 Å². The second-order valence-electron chi connectivity index (χ2n) is 6.33. The summed E-state index contributed by atoms with van der Waals surface area (Å²) in [7, 11) is -3.71. The van der Waals surface area contributed by atoms with Gasteiger partial charge in [-0.2, -0.15) is 13.2 Å². The quantitative estimate of drug-likeness (QED) is 0.623. The smallest absolute Gasteiger partial charge is 0.297 e. The molecule has 1 aromatic heterocycles. The highest BCUT2D eigenvalue weighted by Gasteiger charge is 2.31. The van der Waals surface area contributed by atoms with Gasteiger partial charge < -0.3 is 0 Å². The molecule has 3 rings (SSSR count). The van der Waals surface area contributed by atoms with E-state index in [-0.39, 0.29) is 30.8 Å². The van der Waals surface area contributed by atoms with Crippen LogP contribution in [-0.2, 0) is 35.5 Å². The molecule has 2 heterocycles. The highest BCUT2D eigenvalue weighted by Crippen LogP contribution is 2.30. The third-order valence-corrected chi connectivity index (χ3v) is 5.15. The molecule has 0 saturated heterocycles. The van der Waals surface area contributed by atoms with Crippen molar-refractivity contribution in [2.75, 3.05) is 12.8 Å². The number of alkyl halides is 3. The van der Waals surface area contributed by atoms with Gasteiger partial charge in [-0.1, -0.05) is 6.07 Å². The van der Waals surface area contributed by atoms with Crippen LogP contribution < -0.4 is 5.56 Å². The Morgan fingerprint density at radius 3 is 2.59 bits per heavy atom. The predicted molar refractivity (Wildman–Crippen MR) is 87.2 cm³/mol. The Labute approximate surface area is 151 Å². The summed E-state index contributed by atoms with van der Waals surface area (Å²) in [5.74, 6) is -0.980. The van der Waals surface area contributed by atoms with Crippen molar-refractivity contribution in [3.63, 3.8) is 0 Å². The Morgan fingerprint density at radius 2 is 2.00 bits per heavy atom. The van der Waals surface area contributed by atoms with Gasteiger partial charge in [0.25, 0.3) is 5.56 Å². The van der Waals surface area contributed by atoms with Gasteiger partial charge in [0.1, 0.15) is 5.82 Å². The van der Waals surface area contributed by atoms with E-state index in [1.165, 1.54) is 0 Å². The maximum Gasteiger partial charge on any atom is 0.416 e. The molecule has 146 valence electrons. The monoisotopic (exact) mass is 405 g/mol. The van der Waals surface area contributed by atoms with Gasteiger partial charge in [0.15, 0.2) is 0 Å². The first-order valence-corrected chi connectivity index (χ1v) is 9.74. The van der Waals surface area contributed by atoms with Crippen molar-refractivity contribution in [1.82, 2.24) is 14.9 Å². The minimum Gasteiger partial charge on any atom is -0.297 e. The lowest BCUT2D eigenvalue weighted by molar-refractivity contribution is -0.137. The van der Waals surface area contributed by atoms with Crippen LogP contribution in [0.4, 0.5) is 17.6 Å². The van der Waals surface area contributed by atoms with Crippen LogP contribution in [-0.4, -0.2) is 36.1 Å². The SMILES string of the molecule is CS(=O)(=O)c1nc2c(c(=O)[nH]1)CCN(Cc1ccc(C(F)(F)F)cc1F)C2. The zero-order valence-corrected chi connectivity index (χ0v) is 14.9. The Morgan fingerprint density at radius 1 is 1.30 bits per heavy atom. The predicted octanol–water partition coefficient (Wildman–Crippen LogP) is 1.89. The first-order chi connectivity index (χ1) is 12.4. The van der Waals surface area contributed by atoms with Crippen LogP contribution in [0.5, 0.6) is 0 Å². The summed E-state index contributed by atoms with van der Waals surface area (Å²) < 4.78 is 75.2. The summed E-state index contributed by atoms with van der Waals surface area (Å²) in [4.78, 5) is 19.9. The number of hydrogen-bond acceptors (Lipinski definition) is 5. The fourth-order valence-electron chi connectivity index (χ4n) is 2.87. The summed E-state index contributed by atoms with van der Waals surface area (Å²) in [6, 6.07) is 2.32. The lowest BCUT2D eigenvalue weighted by atomic mass is 10.0. The summed E-state index contributed by atoms with van der Waals surface area (Å²) >= 11 is 0. The van der Waals surface area contributed by atoms with Gasteiger partial charge in [-0.05, 0) is 18.6 Å².